The lowest BCUT2D eigenvalue weighted by molar-refractivity contribution is 0.136. The number of nitrogens with two attached hydrogens (primary N) is 1. The summed E-state index contributed by atoms with van der Waals surface area (Å²) >= 11 is 0. The van der Waals surface area contributed by atoms with Gasteiger partial charge in [0.1, 0.15) is 0 Å². The lowest BCUT2D eigenvalue weighted by atomic mass is 9.89. The van der Waals surface area contributed by atoms with Crippen LogP contribution in [0.3, 0.4) is 0 Å². The molecule has 0 aliphatic heterocycles. The topological polar surface area (TPSA) is 32.5 Å². The van der Waals surface area contributed by atoms with Crippen molar-refractivity contribution in [2.24, 2.45) is 5.73 Å². The summed E-state index contributed by atoms with van der Waals surface area (Å²) in [6, 6.07) is 1.05. The van der Waals surface area contributed by atoms with Crippen LogP contribution in [0.1, 0.15) is 52.9 Å². The molecule has 18 heavy (non-hydrogen) atoms. The second-order valence-electron chi connectivity index (χ2n) is 5.52. The molecule has 3 heteroatoms. The zero-order valence-electron chi connectivity index (χ0n) is 12.7. The normalized spacial score (nSPS) is 25.0. The first-order chi connectivity index (χ1) is 8.72. The maximum absolute atomic E-state index is 6.29. The summed E-state index contributed by atoms with van der Waals surface area (Å²) in [6.45, 7) is 12.7. The number of nitrogens with zero attached hydrogens (tertiary/aromatic N) is 2. The van der Waals surface area contributed by atoms with Crippen molar-refractivity contribution < 1.29 is 0 Å². The van der Waals surface area contributed by atoms with Gasteiger partial charge in [-0.1, -0.05) is 33.6 Å². The summed E-state index contributed by atoms with van der Waals surface area (Å²) in [5.41, 5.74) is 6.29. The van der Waals surface area contributed by atoms with Crippen LogP contribution in [0.25, 0.3) is 0 Å². The molecule has 3 nitrogen and oxygen atoms in total. The van der Waals surface area contributed by atoms with E-state index in [0.29, 0.717) is 12.1 Å². The molecule has 1 aliphatic rings. The van der Waals surface area contributed by atoms with Gasteiger partial charge >= 0.3 is 0 Å². The van der Waals surface area contributed by atoms with Crippen LogP contribution < -0.4 is 5.73 Å². The second kappa shape index (κ2) is 8.89. The molecule has 0 bridgehead atoms. The number of rotatable bonds is 8. The van der Waals surface area contributed by atoms with Crippen molar-refractivity contribution in [1.82, 2.24) is 9.80 Å². The van der Waals surface area contributed by atoms with Crippen LogP contribution in [-0.2, 0) is 0 Å². The maximum atomic E-state index is 6.29. The summed E-state index contributed by atoms with van der Waals surface area (Å²) in [7, 11) is 0. The molecule has 1 fully saturated rings. The number of hydrogen-bond acceptors (Lipinski definition) is 3. The van der Waals surface area contributed by atoms with Crippen molar-refractivity contribution in [2.75, 3.05) is 32.7 Å². The molecule has 0 spiro atoms. The molecule has 1 rings (SSSR count). The van der Waals surface area contributed by atoms with Crippen molar-refractivity contribution in [1.29, 1.82) is 0 Å². The standard InChI is InChI=1S/C15H33N3/c1-4-17(5-2)12-9-13-18(6-3)15-11-8-7-10-14(15)16/h14-15H,4-13,16H2,1-3H3. The van der Waals surface area contributed by atoms with Crippen LogP contribution in [0.2, 0.25) is 0 Å². The van der Waals surface area contributed by atoms with Gasteiger partial charge in [-0.05, 0) is 52.0 Å². The highest BCUT2D eigenvalue weighted by Gasteiger charge is 2.26. The molecule has 108 valence electrons. The smallest absolute Gasteiger partial charge is 0.0247 e. The van der Waals surface area contributed by atoms with Gasteiger partial charge < -0.3 is 10.6 Å². The van der Waals surface area contributed by atoms with E-state index < -0.39 is 0 Å². The molecular weight excluding hydrogens is 222 g/mol. The first kappa shape index (κ1) is 15.9. The van der Waals surface area contributed by atoms with Crippen molar-refractivity contribution in [3.63, 3.8) is 0 Å². The second-order valence-corrected chi connectivity index (χ2v) is 5.52. The van der Waals surface area contributed by atoms with E-state index in [1.165, 1.54) is 58.3 Å². The van der Waals surface area contributed by atoms with Gasteiger partial charge in [-0.25, -0.2) is 0 Å². The van der Waals surface area contributed by atoms with E-state index in [0.717, 1.165) is 6.54 Å². The third kappa shape index (κ3) is 4.87. The van der Waals surface area contributed by atoms with Crippen LogP contribution in [0.4, 0.5) is 0 Å². The zero-order valence-corrected chi connectivity index (χ0v) is 12.7. The summed E-state index contributed by atoms with van der Waals surface area (Å²) in [5, 5.41) is 0. The Kier molecular flexibility index (Phi) is 7.87. The molecule has 1 aliphatic carbocycles. The first-order valence-corrected chi connectivity index (χ1v) is 7.94. The Labute approximate surface area is 114 Å². The van der Waals surface area contributed by atoms with E-state index in [1.54, 1.807) is 0 Å². The van der Waals surface area contributed by atoms with Crippen LogP contribution in [-0.4, -0.2) is 54.6 Å². The summed E-state index contributed by atoms with van der Waals surface area (Å²) < 4.78 is 0. The monoisotopic (exact) mass is 255 g/mol. The Bertz CT molecular complexity index is 204. The molecule has 0 aromatic heterocycles. The number of hydrogen-bond donors (Lipinski definition) is 1. The van der Waals surface area contributed by atoms with Crippen LogP contribution in [0, 0.1) is 0 Å². The van der Waals surface area contributed by atoms with Crippen molar-refractivity contribution in [3.05, 3.63) is 0 Å². The summed E-state index contributed by atoms with van der Waals surface area (Å²) in [6.07, 6.45) is 6.50. The minimum Gasteiger partial charge on any atom is -0.326 e. The molecule has 2 atom stereocenters. The van der Waals surface area contributed by atoms with Crippen molar-refractivity contribution >= 4 is 0 Å². The third-order valence-electron chi connectivity index (χ3n) is 4.47. The quantitative estimate of drug-likeness (QED) is 0.722. The van der Waals surface area contributed by atoms with Gasteiger partial charge in [-0.2, -0.15) is 0 Å². The molecule has 2 N–H and O–H groups in total. The third-order valence-corrected chi connectivity index (χ3v) is 4.47. The van der Waals surface area contributed by atoms with Gasteiger partial charge in [0.25, 0.3) is 0 Å². The van der Waals surface area contributed by atoms with E-state index in [9.17, 15) is 0 Å². The summed E-state index contributed by atoms with van der Waals surface area (Å²) in [5.74, 6) is 0. The largest absolute Gasteiger partial charge is 0.326 e. The van der Waals surface area contributed by atoms with E-state index >= 15 is 0 Å². The molecule has 2 unspecified atom stereocenters. The molecule has 0 radical (unpaired) electrons. The van der Waals surface area contributed by atoms with Crippen LogP contribution >= 0.6 is 0 Å². The Morgan fingerprint density at radius 2 is 1.61 bits per heavy atom. The highest BCUT2D eigenvalue weighted by Crippen LogP contribution is 2.21. The molecule has 0 aromatic carbocycles. The van der Waals surface area contributed by atoms with Crippen molar-refractivity contribution in [3.8, 4) is 0 Å². The molecular formula is C15H33N3. The van der Waals surface area contributed by atoms with Gasteiger partial charge in [0.2, 0.25) is 0 Å². The van der Waals surface area contributed by atoms with Gasteiger partial charge in [0, 0.05) is 12.1 Å². The van der Waals surface area contributed by atoms with Crippen LogP contribution in [0.5, 0.6) is 0 Å². The Balaban J connectivity index is 2.32. The average Bonchev–Trinajstić information content (AvgIpc) is 2.40. The molecule has 0 heterocycles. The molecule has 1 saturated carbocycles. The number of likely N-dealkylation sites (N-methyl/N-ethyl adjacent to an activating group) is 1. The van der Waals surface area contributed by atoms with E-state index in [-0.39, 0.29) is 0 Å². The maximum Gasteiger partial charge on any atom is 0.0247 e. The lowest BCUT2D eigenvalue weighted by Gasteiger charge is -2.38. The molecule has 0 aromatic rings. The SMILES string of the molecule is CCN(CC)CCCN(CC)C1CCCCC1N. The minimum absolute atomic E-state index is 0.409. The van der Waals surface area contributed by atoms with Gasteiger partial charge in [0.05, 0.1) is 0 Å². The van der Waals surface area contributed by atoms with Gasteiger partial charge in [-0.3, -0.25) is 4.90 Å². The fourth-order valence-corrected chi connectivity index (χ4v) is 3.19. The fraction of sp³-hybridized carbons (Fsp3) is 1.00. The highest BCUT2D eigenvalue weighted by molar-refractivity contribution is 4.85. The Hall–Kier alpha value is -0.120. The average molecular weight is 255 g/mol. The summed E-state index contributed by atoms with van der Waals surface area (Å²) in [4.78, 5) is 5.13. The van der Waals surface area contributed by atoms with Crippen LogP contribution in [0.15, 0.2) is 0 Å². The molecule has 0 amide bonds. The van der Waals surface area contributed by atoms with E-state index in [1.807, 2.05) is 0 Å². The Morgan fingerprint density at radius 3 is 2.17 bits per heavy atom. The Morgan fingerprint density at radius 1 is 0.944 bits per heavy atom. The van der Waals surface area contributed by atoms with Gasteiger partial charge in [0.15, 0.2) is 0 Å². The fourth-order valence-electron chi connectivity index (χ4n) is 3.19. The highest BCUT2D eigenvalue weighted by atomic mass is 15.2. The van der Waals surface area contributed by atoms with Crippen molar-refractivity contribution in [2.45, 2.75) is 65.0 Å². The van der Waals surface area contributed by atoms with Gasteiger partial charge in [-0.15, -0.1) is 0 Å². The lowest BCUT2D eigenvalue weighted by Crippen LogP contribution is -2.50. The first-order valence-electron chi connectivity index (χ1n) is 7.94. The van der Waals surface area contributed by atoms with E-state index in [2.05, 4.69) is 30.6 Å². The molecule has 0 saturated heterocycles. The minimum atomic E-state index is 0.409. The zero-order chi connectivity index (χ0) is 13.4. The predicted octanol–water partition coefficient (Wildman–Crippen LogP) is 2.31. The van der Waals surface area contributed by atoms with E-state index in [4.69, 9.17) is 5.73 Å². The predicted molar refractivity (Wildman–Crippen MR) is 79.9 cm³/mol.